The molecule has 1 aromatic carbocycles. The number of nitriles is 2. The number of aliphatic hydroxyl groups is 1. The van der Waals surface area contributed by atoms with Crippen LogP contribution in [0, 0.1) is 22.7 Å². The van der Waals surface area contributed by atoms with Crippen LogP contribution in [0.5, 0.6) is 5.75 Å². The van der Waals surface area contributed by atoms with Crippen LogP contribution in [0.25, 0.3) is 11.6 Å². The highest BCUT2D eigenvalue weighted by molar-refractivity contribution is 6.36. The van der Waals surface area contributed by atoms with Crippen LogP contribution in [0.2, 0.25) is 10.0 Å². The van der Waals surface area contributed by atoms with Crippen molar-refractivity contribution in [2.24, 2.45) is 0 Å². The molecule has 0 aliphatic carbocycles. The first-order valence-corrected chi connectivity index (χ1v) is 7.74. The molecule has 0 saturated carbocycles. The molecule has 0 saturated heterocycles. The second-order valence-electron chi connectivity index (χ2n) is 4.85. The molecule has 9 heteroatoms. The number of nitrogens with two attached hydrogens (primary N) is 1. The Hall–Kier alpha value is -2.71. The van der Waals surface area contributed by atoms with Gasteiger partial charge in [0.1, 0.15) is 35.0 Å². The van der Waals surface area contributed by atoms with E-state index in [9.17, 15) is 10.5 Å². The van der Waals surface area contributed by atoms with Crippen molar-refractivity contribution in [3.05, 3.63) is 39.0 Å². The van der Waals surface area contributed by atoms with Gasteiger partial charge in [0, 0.05) is 10.6 Å². The van der Waals surface area contributed by atoms with Crippen LogP contribution >= 0.6 is 23.2 Å². The lowest BCUT2D eigenvalue weighted by molar-refractivity contribution is 0.270. The maximum Gasteiger partial charge on any atom is 0.144 e. The van der Waals surface area contributed by atoms with Gasteiger partial charge in [-0.25, -0.2) is 4.68 Å². The standard InChI is InChI=1S/C16H13Cl2N5O2/c1-25-15-9(5-11(17)6-13(15)18)4-10(7-19)14-12(8-20)16(21)23(22-14)2-3-24/h4-6,24H,2-3,21H2,1H3/b10-4+. The van der Waals surface area contributed by atoms with E-state index in [4.69, 9.17) is 38.8 Å². The topological polar surface area (TPSA) is 121 Å². The molecule has 0 aliphatic rings. The molecule has 0 bridgehead atoms. The summed E-state index contributed by atoms with van der Waals surface area (Å²) in [5.74, 6) is 0.406. The summed E-state index contributed by atoms with van der Waals surface area (Å²) in [6.07, 6.45) is 1.46. The van der Waals surface area contributed by atoms with Crippen molar-refractivity contribution < 1.29 is 9.84 Å². The second-order valence-corrected chi connectivity index (χ2v) is 5.69. The Balaban J connectivity index is 2.67. The lowest BCUT2D eigenvalue weighted by Gasteiger charge is -2.08. The van der Waals surface area contributed by atoms with Gasteiger partial charge in [-0.15, -0.1) is 0 Å². The van der Waals surface area contributed by atoms with E-state index in [2.05, 4.69) is 5.10 Å². The average Bonchev–Trinajstić information content (AvgIpc) is 2.88. The first-order valence-electron chi connectivity index (χ1n) is 6.99. The molecule has 1 heterocycles. The number of aromatic nitrogens is 2. The maximum atomic E-state index is 9.52. The number of halogens is 2. The van der Waals surface area contributed by atoms with E-state index in [1.807, 2.05) is 12.1 Å². The smallest absolute Gasteiger partial charge is 0.144 e. The fraction of sp³-hybridized carbons (Fsp3) is 0.188. The zero-order valence-corrected chi connectivity index (χ0v) is 14.6. The predicted molar refractivity (Wildman–Crippen MR) is 94.9 cm³/mol. The van der Waals surface area contributed by atoms with Crippen LogP contribution in [0.15, 0.2) is 12.1 Å². The van der Waals surface area contributed by atoms with Crippen LogP contribution in [0.1, 0.15) is 16.8 Å². The normalized spacial score (nSPS) is 11.0. The highest BCUT2D eigenvalue weighted by Crippen LogP contribution is 2.35. The average molecular weight is 378 g/mol. The summed E-state index contributed by atoms with van der Waals surface area (Å²) in [6, 6.07) is 7.01. The summed E-state index contributed by atoms with van der Waals surface area (Å²) in [6.45, 7) is -0.106. The number of methoxy groups -OCH3 is 1. The van der Waals surface area contributed by atoms with Gasteiger partial charge >= 0.3 is 0 Å². The van der Waals surface area contributed by atoms with Crippen molar-refractivity contribution in [1.29, 1.82) is 10.5 Å². The Morgan fingerprint density at radius 1 is 1.44 bits per heavy atom. The SMILES string of the molecule is COc1c(Cl)cc(Cl)cc1/C=C(\C#N)c1nn(CCO)c(N)c1C#N. The van der Waals surface area contributed by atoms with Gasteiger partial charge in [0.15, 0.2) is 0 Å². The predicted octanol–water partition coefficient (Wildman–Crippen LogP) is 2.71. The largest absolute Gasteiger partial charge is 0.495 e. The molecule has 0 spiro atoms. The molecule has 128 valence electrons. The fourth-order valence-electron chi connectivity index (χ4n) is 2.25. The highest BCUT2D eigenvalue weighted by atomic mass is 35.5. The number of benzene rings is 1. The van der Waals surface area contributed by atoms with Gasteiger partial charge in [-0.2, -0.15) is 15.6 Å². The summed E-state index contributed by atoms with van der Waals surface area (Å²) in [4.78, 5) is 0. The molecule has 1 aromatic heterocycles. The number of rotatable bonds is 5. The molecule has 0 radical (unpaired) electrons. The quantitative estimate of drug-likeness (QED) is 0.772. The number of ether oxygens (including phenoxy) is 1. The van der Waals surface area contributed by atoms with Gasteiger partial charge in [-0.1, -0.05) is 23.2 Å². The van der Waals surface area contributed by atoms with Gasteiger partial charge in [0.05, 0.1) is 30.9 Å². The first kappa shape index (κ1) is 18.6. The summed E-state index contributed by atoms with van der Waals surface area (Å²) in [7, 11) is 1.44. The van der Waals surface area contributed by atoms with E-state index in [0.717, 1.165) is 0 Å². The van der Waals surface area contributed by atoms with Crippen molar-refractivity contribution in [1.82, 2.24) is 9.78 Å². The van der Waals surface area contributed by atoms with E-state index < -0.39 is 0 Å². The lowest BCUT2D eigenvalue weighted by Crippen LogP contribution is -2.07. The summed E-state index contributed by atoms with van der Waals surface area (Å²) in [5, 5.41) is 32.7. The zero-order chi connectivity index (χ0) is 18.6. The molecule has 0 fully saturated rings. The molecule has 0 unspecified atom stereocenters. The molecule has 2 aromatic rings. The minimum atomic E-state index is -0.209. The third-order valence-electron chi connectivity index (χ3n) is 3.33. The van der Waals surface area contributed by atoms with Crippen molar-refractivity contribution in [3.63, 3.8) is 0 Å². The van der Waals surface area contributed by atoms with Gasteiger partial charge < -0.3 is 15.6 Å². The number of hydrogen-bond acceptors (Lipinski definition) is 6. The van der Waals surface area contributed by atoms with Crippen molar-refractivity contribution in [3.8, 4) is 17.9 Å². The van der Waals surface area contributed by atoms with E-state index in [-0.39, 0.29) is 40.8 Å². The van der Waals surface area contributed by atoms with E-state index >= 15 is 0 Å². The summed E-state index contributed by atoms with van der Waals surface area (Å²) >= 11 is 12.1. The molecule has 3 N–H and O–H groups in total. The number of anilines is 1. The number of aliphatic hydroxyl groups excluding tert-OH is 1. The van der Waals surface area contributed by atoms with Crippen LogP contribution in [0.4, 0.5) is 5.82 Å². The molecule has 0 aliphatic heterocycles. The molecule has 25 heavy (non-hydrogen) atoms. The minimum absolute atomic E-state index is 0.0494. The van der Waals surface area contributed by atoms with Crippen molar-refractivity contribution >= 4 is 40.7 Å². The molecule has 0 atom stereocenters. The number of nitrogens with zero attached hydrogens (tertiary/aromatic N) is 4. The minimum Gasteiger partial charge on any atom is -0.495 e. The van der Waals surface area contributed by atoms with Gasteiger partial charge in [-0.05, 0) is 18.2 Å². The maximum absolute atomic E-state index is 9.52. The molecule has 0 amide bonds. The first-order chi connectivity index (χ1) is 12.0. The molecular weight excluding hydrogens is 365 g/mol. The van der Waals surface area contributed by atoms with E-state index in [1.165, 1.54) is 23.9 Å². The number of hydrogen-bond donors (Lipinski definition) is 2. The van der Waals surface area contributed by atoms with Crippen molar-refractivity contribution in [2.75, 3.05) is 19.5 Å². The third kappa shape index (κ3) is 3.70. The summed E-state index contributed by atoms with van der Waals surface area (Å²) in [5.41, 5.74) is 6.54. The zero-order valence-electron chi connectivity index (χ0n) is 13.1. The number of nitrogen functional groups attached to an aromatic ring is 1. The Labute approximate surface area is 154 Å². The van der Waals surface area contributed by atoms with Gasteiger partial charge in [-0.3, -0.25) is 0 Å². The Morgan fingerprint density at radius 3 is 2.72 bits per heavy atom. The van der Waals surface area contributed by atoms with Gasteiger partial charge in [0.2, 0.25) is 0 Å². The van der Waals surface area contributed by atoms with Crippen LogP contribution < -0.4 is 10.5 Å². The molecular formula is C16H13Cl2N5O2. The Kier molecular flexibility index (Phi) is 5.89. The fourth-order valence-corrected chi connectivity index (χ4v) is 2.84. The number of allylic oxidation sites excluding steroid dienone is 1. The van der Waals surface area contributed by atoms with E-state index in [0.29, 0.717) is 16.3 Å². The Bertz CT molecular complexity index is 922. The van der Waals surface area contributed by atoms with Gasteiger partial charge in [0.25, 0.3) is 0 Å². The van der Waals surface area contributed by atoms with E-state index in [1.54, 1.807) is 6.07 Å². The lowest BCUT2D eigenvalue weighted by atomic mass is 10.1. The molecule has 7 nitrogen and oxygen atoms in total. The third-order valence-corrected chi connectivity index (χ3v) is 3.83. The van der Waals surface area contributed by atoms with Crippen LogP contribution in [0.3, 0.4) is 0 Å². The second kappa shape index (κ2) is 7.91. The Morgan fingerprint density at radius 2 is 2.16 bits per heavy atom. The monoisotopic (exact) mass is 377 g/mol. The summed E-state index contributed by atoms with van der Waals surface area (Å²) < 4.78 is 6.51. The van der Waals surface area contributed by atoms with Crippen molar-refractivity contribution in [2.45, 2.75) is 6.54 Å². The molecule has 2 rings (SSSR count). The van der Waals surface area contributed by atoms with Crippen LogP contribution in [-0.4, -0.2) is 28.6 Å². The van der Waals surface area contributed by atoms with Crippen LogP contribution in [-0.2, 0) is 6.54 Å². The highest BCUT2D eigenvalue weighted by Gasteiger charge is 2.19.